The average molecular weight is 456 g/mol. The van der Waals surface area contributed by atoms with Crippen LogP contribution in [0.15, 0.2) is 48.7 Å². The van der Waals surface area contributed by atoms with Gasteiger partial charge in [0.15, 0.2) is 5.82 Å². The van der Waals surface area contributed by atoms with E-state index in [0.717, 1.165) is 52.1 Å². The van der Waals surface area contributed by atoms with E-state index >= 15 is 0 Å². The molecular formula is C24H25BN6O3. The molecule has 3 heterocycles. The molecule has 0 atom stereocenters. The lowest BCUT2D eigenvalue weighted by Gasteiger charge is -2.21. The summed E-state index contributed by atoms with van der Waals surface area (Å²) in [6, 6.07) is 12.6. The topological polar surface area (TPSA) is 138 Å². The third kappa shape index (κ3) is 4.03. The summed E-state index contributed by atoms with van der Waals surface area (Å²) in [5.41, 5.74) is 10.2. The van der Waals surface area contributed by atoms with Crippen LogP contribution in [0.3, 0.4) is 0 Å². The fraction of sp³-hybridized carbons (Fsp3) is 0.208. The maximum absolute atomic E-state index is 11.9. The standard InChI is InChI=1S/C24H25BN6O3/c1-31-13-19-16(6-3-7-17(19)22(26)32)21(31)24-29-20-12-27-9-8-18(20)23(30-24)28-11-14-4-2-5-15(10-14)25(33)34/h2-7,10,13,27,33-34H,8-9,11-12H2,1H3,(H2,26,32)(H,28,29,30). The van der Waals surface area contributed by atoms with Gasteiger partial charge in [0.2, 0.25) is 5.91 Å². The number of amides is 1. The van der Waals surface area contributed by atoms with Crippen molar-refractivity contribution >= 4 is 35.1 Å². The molecule has 6 N–H and O–H groups in total. The van der Waals surface area contributed by atoms with Gasteiger partial charge in [-0.25, -0.2) is 9.97 Å². The molecule has 0 saturated heterocycles. The number of benzene rings is 2. The van der Waals surface area contributed by atoms with Gasteiger partial charge in [0.1, 0.15) is 5.82 Å². The summed E-state index contributed by atoms with van der Waals surface area (Å²) in [5, 5.41) is 27.4. The molecule has 10 heteroatoms. The van der Waals surface area contributed by atoms with Gasteiger partial charge in [-0.1, -0.05) is 36.4 Å². The van der Waals surface area contributed by atoms with Crippen molar-refractivity contribution in [3.8, 4) is 11.5 Å². The smallest absolute Gasteiger partial charge is 0.423 e. The van der Waals surface area contributed by atoms with Gasteiger partial charge in [0.05, 0.1) is 11.4 Å². The maximum atomic E-state index is 11.9. The molecule has 9 nitrogen and oxygen atoms in total. The Labute approximate surface area is 196 Å². The maximum Gasteiger partial charge on any atom is 0.488 e. The number of hydrogen-bond donors (Lipinski definition) is 5. The number of carbonyl (C=O) groups is 1. The van der Waals surface area contributed by atoms with Gasteiger partial charge in [-0.3, -0.25) is 4.79 Å². The zero-order valence-electron chi connectivity index (χ0n) is 18.7. The van der Waals surface area contributed by atoms with Crippen molar-refractivity contribution in [3.63, 3.8) is 0 Å². The molecule has 1 amide bonds. The summed E-state index contributed by atoms with van der Waals surface area (Å²) in [5.74, 6) is 0.830. The normalized spacial score (nSPS) is 13.0. The second-order valence-corrected chi connectivity index (χ2v) is 8.44. The Morgan fingerprint density at radius 2 is 2.03 bits per heavy atom. The minimum atomic E-state index is -1.51. The Balaban J connectivity index is 1.57. The van der Waals surface area contributed by atoms with E-state index in [1.165, 1.54) is 0 Å². The van der Waals surface area contributed by atoms with Gasteiger partial charge in [0, 0.05) is 48.2 Å². The van der Waals surface area contributed by atoms with E-state index in [4.69, 9.17) is 15.7 Å². The summed E-state index contributed by atoms with van der Waals surface area (Å²) in [4.78, 5) is 21.7. The van der Waals surface area contributed by atoms with Crippen LogP contribution in [0, 0.1) is 0 Å². The lowest BCUT2D eigenvalue weighted by atomic mass is 9.79. The number of nitrogens with one attached hydrogen (secondary N) is 2. The monoisotopic (exact) mass is 456 g/mol. The van der Waals surface area contributed by atoms with Crippen LogP contribution < -0.4 is 21.8 Å². The molecule has 34 heavy (non-hydrogen) atoms. The highest BCUT2D eigenvalue weighted by molar-refractivity contribution is 6.58. The number of hydrogen-bond acceptors (Lipinski definition) is 7. The Morgan fingerprint density at radius 1 is 1.21 bits per heavy atom. The zero-order valence-corrected chi connectivity index (χ0v) is 18.7. The first-order valence-electron chi connectivity index (χ1n) is 11.1. The van der Waals surface area contributed by atoms with Crippen LogP contribution in [0.5, 0.6) is 0 Å². The number of aryl methyl sites for hydroxylation is 1. The summed E-state index contributed by atoms with van der Waals surface area (Å²) in [6.45, 7) is 1.95. The fourth-order valence-electron chi connectivity index (χ4n) is 4.51. The predicted octanol–water partition coefficient (Wildman–Crippen LogP) is 0.672. The van der Waals surface area contributed by atoms with Crippen LogP contribution in [0.4, 0.5) is 5.82 Å². The van der Waals surface area contributed by atoms with Gasteiger partial charge in [0.25, 0.3) is 0 Å². The Kier molecular flexibility index (Phi) is 5.78. The molecule has 0 fully saturated rings. The molecule has 1 aliphatic heterocycles. The Bertz CT molecular complexity index is 1400. The number of fused-ring (bicyclic) bond motifs is 2. The summed E-state index contributed by atoms with van der Waals surface area (Å²) < 4.78 is 1.92. The molecule has 0 aliphatic carbocycles. The van der Waals surface area contributed by atoms with Gasteiger partial charge in [-0.2, -0.15) is 0 Å². The van der Waals surface area contributed by atoms with Crippen molar-refractivity contribution in [1.82, 2.24) is 19.9 Å². The molecule has 1 aliphatic rings. The minimum Gasteiger partial charge on any atom is -0.423 e. The van der Waals surface area contributed by atoms with E-state index in [1.54, 1.807) is 24.3 Å². The van der Waals surface area contributed by atoms with Gasteiger partial charge in [-0.05, 0) is 30.1 Å². The van der Waals surface area contributed by atoms with Crippen LogP contribution in [-0.2, 0) is 26.6 Å². The van der Waals surface area contributed by atoms with Crippen molar-refractivity contribution in [2.24, 2.45) is 12.8 Å². The molecule has 0 spiro atoms. The number of carbonyl (C=O) groups excluding carboxylic acids is 1. The molecular weight excluding hydrogens is 431 g/mol. The molecule has 5 rings (SSSR count). The number of nitrogens with two attached hydrogens (primary N) is 1. The average Bonchev–Trinajstić information content (AvgIpc) is 3.18. The highest BCUT2D eigenvalue weighted by Gasteiger charge is 2.22. The number of primary amides is 1. The van der Waals surface area contributed by atoms with Crippen molar-refractivity contribution in [1.29, 1.82) is 0 Å². The number of anilines is 1. The summed E-state index contributed by atoms with van der Waals surface area (Å²) in [6.07, 6.45) is 2.68. The lowest BCUT2D eigenvalue weighted by molar-refractivity contribution is 0.100. The molecule has 2 aromatic heterocycles. The van der Waals surface area contributed by atoms with Gasteiger partial charge in [-0.15, -0.1) is 0 Å². The van der Waals surface area contributed by atoms with Crippen molar-refractivity contribution in [2.75, 3.05) is 11.9 Å². The summed E-state index contributed by atoms with van der Waals surface area (Å²) in [7, 11) is 0.389. The Hall–Kier alpha value is -3.73. The quantitative estimate of drug-likeness (QED) is 0.269. The highest BCUT2D eigenvalue weighted by Crippen LogP contribution is 2.32. The van der Waals surface area contributed by atoms with E-state index in [-0.39, 0.29) is 0 Å². The van der Waals surface area contributed by atoms with E-state index in [0.29, 0.717) is 29.9 Å². The van der Waals surface area contributed by atoms with Crippen molar-refractivity contribution in [2.45, 2.75) is 19.5 Å². The van der Waals surface area contributed by atoms with E-state index in [1.807, 2.05) is 36.0 Å². The van der Waals surface area contributed by atoms with Gasteiger partial charge < -0.3 is 31.0 Å². The van der Waals surface area contributed by atoms with Crippen LogP contribution >= 0.6 is 0 Å². The van der Waals surface area contributed by atoms with Crippen LogP contribution in [0.25, 0.3) is 22.3 Å². The first-order chi connectivity index (χ1) is 16.4. The second-order valence-electron chi connectivity index (χ2n) is 8.44. The van der Waals surface area contributed by atoms with Crippen LogP contribution in [0.2, 0.25) is 0 Å². The molecule has 0 saturated carbocycles. The highest BCUT2D eigenvalue weighted by atomic mass is 16.4. The first-order valence-corrected chi connectivity index (χ1v) is 11.1. The molecule has 4 aromatic rings. The largest absolute Gasteiger partial charge is 0.488 e. The van der Waals surface area contributed by atoms with Crippen molar-refractivity contribution < 1.29 is 14.8 Å². The predicted molar refractivity (Wildman–Crippen MR) is 131 cm³/mol. The second kappa shape index (κ2) is 8.90. The third-order valence-electron chi connectivity index (χ3n) is 6.16. The van der Waals surface area contributed by atoms with E-state index in [9.17, 15) is 14.8 Å². The van der Waals surface area contributed by atoms with Gasteiger partial charge >= 0.3 is 7.12 Å². The Morgan fingerprint density at radius 3 is 2.82 bits per heavy atom. The number of rotatable bonds is 6. The fourth-order valence-corrected chi connectivity index (χ4v) is 4.51. The molecule has 2 aromatic carbocycles. The molecule has 0 radical (unpaired) electrons. The van der Waals surface area contributed by atoms with Crippen LogP contribution in [0.1, 0.15) is 27.2 Å². The molecule has 172 valence electrons. The number of aromatic nitrogens is 3. The molecule has 0 unspecified atom stereocenters. The first kappa shape index (κ1) is 22.1. The third-order valence-corrected chi connectivity index (χ3v) is 6.16. The summed E-state index contributed by atoms with van der Waals surface area (Å²) >= 11 is 0. The molecule has 0 bridgehead atoms. The minimum absolute atomic E-state index is 0.439. The van der Waals surface area contributed by atoms with Crippen molar-refractivity contribution in [3.05, 3.63) is 71.0 Å². The van der Waals surface area contributed by atoms with E-state index in [2.05, 4.69) is 10.6 Å². The zero-order chi connectivity index (χ0) is 23.8. The van der Waals surface area contributed by atoms with E-state index < -0.39 is 13.0 Å². The SMILES string of the molecule is Cn1cc2c(C(N)=O)cccc2c1-c1nc2c(c(NCc3cccc(B(O)O)c3)n1)CCNC2. The van der Waals surface area contributed by atoms with Crippen LogP contribution in [-0.4, -0.2) is 44.2 Å². The lowest BCUT2D eigenvalue weighted by Crippen LogP contribution is -2.30. The number of nitrogens with zero attached hydrogens (tertiary/aromatic N) is 3.